The number of aromatic nitrogens is 1. The van der Waals surface area contributed by atoms with E-state index in [0.717, 1.165) is 32.1 Å². The number of nitrogen functional groups attached to an aromatic ring is 1. The highest BCUT2D eigenvalue weighted by Gasteiger charge is 2.42. The SMILES string of the molecule is Nc1nccc2oc(CNC(=O)[C@@H]3CCN3C(=O)[C@H](NCC(=O)O)C3CCCCC3)cc12. The second-order valence-corrected chi connectivity index (χ2v) is 8.53. The average molecular weight is 444 g/mol. The summed E-state index contributed by atoms with van der Waals surface area (Å²) in [6, 6.07) is 2.32. The summed E-state index contributed by atoms with van der Waals surface area (Å²) in [4.78, 5) is 42.6. The van der Waals surface area contributed by atoms with Gasteiger partial charge in [0.05, 0.1) is 24.5 Å². The number of rotatable bonds is 8. The zero-order valence-electron chi connectivity index (χ0n) is 17.9. The predicted octanol–water partition coefficient (Wildman–Crippen LogP) is 1.25. The molecule has 2 aromatic heterocycles. The normalized spacial score (nSPS) is 20.0. The third kappa shape index (κ3) is 4.69. The van der Waals surface area contributed by atoms with Crippen LogP contribution in [-0.2, 0) is 20.9 Å². The molecule has 0 radical (unpaired) electrons. The lowest BCUT2D eigenvalue weighted by molar-refractivity contribution is -0.150. The fourth-order valence-corrected chi connectivity index (χ4v) is 4.64. The van der Waals surface area contributed by atoms with Crippen molar-refractivity contribution in [2.75, 3.05) is 18.8 Å². The molecule has 10 heteroatoms. The van der Waals surface area contributed by atoms with Crippen molar-refractivity contribution in [2.24, 2.45) is 5.92 Å². The molecule has 1 aliphatic carbocycles. The summed E-state index contributed by atoms with van der Waals surface area (Å²) in [5.41, 5.74) is 6.44. The van der Waals surface area contributed by atoms with E-state index >= 15 is 0 Å². The van der Waals surface area contributed by atoms with Gasteiger partial charge in [-0.25, -0.2) is 4.98 Å². The Morgan fingerprint density at radius 1 is 1.25 bits per heavy atom. The summed E-state index contributed by atoms with van der Waals surface area (Å²) >= 11 is 0. The van der Waals surface area contributed by atoms with E-state index in [9.17, 15) is 14.4 Å². The summed E-state index contributed by atoms with van der Waals surface area (Å²) in [5, 5.41) is 15.5. The molecule has 1 saturated carbocycles. The second-order valence-electron chi connectivity index (χ2n) is 8.53. The van der Waals surface area contributed by atoms with Gasteiger partial charge in [0, 0.05) is 12.7 Å². The zero-order valence-corrected chi connectivity index (χ0v) is 17.9. The van der Waals surface area contributed by atoms with Crippen LogP contribution < -0.4 is 16.4 Å². The number of nitrogens with one attached hydrogen (secondary N) is 2. The molecule has 0 spiro atoms. The number of nitrogens with two attached hydrogens (primary N) is 1. The molecule has 2 fully saturated rings. The van der Waals surface area contributed by atoms with Gasteiger partial charge in [-0.3, -0.25) is 19.7 Å². The Balaban J connectivity index is 1.38. The monoisotopic (exact) mass is 443 g/mol. The molecule has 0 bridgehead atoms. The lowest BCUT2D eigenvalue weighted by Crippen LogP contribution is -2.63. The van der Waals surface area contributed by atoms with Crippen molar-refractivity contribution in [1.29, 1.82) is 0 Å². The Labute approximate surface area is 185 Å². The number of hydrogen-bond donors (Lipinski definition) is 4. The molecule has 0 aromatic carbocycles. The van der Waals surface area contributed by atoms with Gasteiger partial charge < -0.3 is 25.5 Å². The van der Waals surface area contributed by atoms with Crippen LogP contribution in [0.3, 0.4) is 0 Å². The van der Waals surface area contributed by atoms with Gasteiger partial charge in [0.25, 0.3) is 0 Å². The maximum atomic E-state index is 13.2. The molecule has 172 valence electrons. The molecule has 2 amide bonds. The number of fused-ring (bicyclic) bond motifs is 1. The van der Waals surface area contributed by atoms with Crippen LogP contribution in [0.15, 0.2) is 22.7 Å². The van der Waals surface area contributed by atoms with E-state index in [2.05, 4.69) is 15.6 Å². The fourth-order valence-electron chi connectivity index (χ4n) is 4.64. The number of likely N-dealkylation sites (tertiary alicyclic amines) is 1. The number of amides is 2. The van der Waals surface area contributed by atoms with Crippen molar-refractivity contribution in [3.63, 3.8) is 0 Å². The average Bonchev–Trinajstić information content (AvgIpc) is 3.17. The van der Waals surface area contributed by atoms with Crippen LogP contribution >= 0.6 is 0 Å². The van der Waals surface area contributed by atoms with Gasteiger partial charge in [0.2, 0.25) is 11.8 Å². The Morgan fingerprint density at radius 2 is 2.03 bits per heavy atom. The van der Waals surface area contributed by atoms with Crippen molar-refractivity contribution < 1.29 is 23.9 Å². The van der Waals surface area contributed by atoms with E-state index in [1.54, 1.807) is 23.2 Å². The summed E-state index contributed by atoms with van der Waals surface area (Å²) in [5.74, 6) is -0.438. The molecule has 2 aliphatic rings. The number of aliphatic carboxylic acids is 1. The Hall–Kier alpha value is -3.14. The van der Waals surface area contributed by atoms with Crippen LogP contribution in [0.1, 0.15) is 44.3 Å². The Bertz CT molecular complexity index is 1000. The van der Waals surface area contributed by atoms with Crippen molar-refractivity contribution >= 4 is 34.6 Å². The smallest absolute Gasteiger partial charge is 0.317 e. The molecule has 2 aromatic rings. The number of anilines is 1. The maximum Gasteiger partial charge on any atom is 0.317 e. The highest BCUT2D eigenvalue weighted by Crippen LogP contribution is 2.30. The van der Waals surface area contributed by atoms with Crippen molar-refractivity contribution in [1.82, 2.24) is 20.5 Å². The highest BCUT2D eigenvalue weighted by atomic mass is 16.4. The fraction of sp³-hybridized carbons (Fsp3) is 0.545. The third-order valence-electron chi connectivity index (χ3n) is 6.43. The second kappa shape index (κ2) is 9.56. The Morgan fingerprint density at radius 3 is 2.69 bits per heavy atom. The maximum absolute atomic E-state index is 13.2. The van der Waals surface area contributed by atoms with Crippen molar-refractivity contribution in [3.05, 3.63) is 24.1 Å². The highest BCUT2D eigenvalue weighted by molar-refractivity contribution is 5.92. The van der Waals surface area contributed by atoms with Crippen LogP contribution in [-0.4, -0.2) is 57.9 Å². The number of carboxylic acid groups (broad SMARTS) is 1. The van der Waals surface area contributed by atoms with E-state index in [0.29, 0.717) is 35.5 Å². The minimum Gasteiger partial charge on any atom is -0.480 e. The van der Waals surface area contributed by atoms with Gasteiger partial charge in [-0.1, -0.05) is 19.3 Å². The molecular formula is C22H29N5O5. The van der Waals surface area contributed by atoms with Gasteiger partial charge in [0.15, 0.2) is 0 Å². The van der Waals surface area contributed by atoms with Crippen LogP contribution in [0, 0.1) is 5.92 Å². The first-order valence-electron chi connectivity index (χ1n) is 11.1. The molecule has 10 nitrogen and oxygen atoms in total. The lowest BCUT2D eigenvalue weighted by Gasteiger charge is -2.43. The summed E-state index contributed by atoms with van der Waals surface area (Å²) < 4.78 is 5.70. The van der Waals surface area contributed by atoms with Crippen LogP contribution in [0.4, 0.5) is 5.82 Å². The topological polar surface area (TPSA) is 151 Å². The first-order valence-corrected chi connectivity index (χ1v) is 11.1. The van der Waals surface area contributed by atoms with Gasteiger partial charge in [-0.2, -0.15) is 0 Å². The van der Waals surface area contributed by atoms with E-state index in [1.807, 2.05) is 0 Å². The van der Waals surface area contributed by atoms with Crippen LogP contribution in [0.2, 0.25) is 0 Å². The van der Waals surface area contributed by atoms with E-state index in [-0.39, 0.29) is 30.8 Å². The van der Waals surface area contributed by atoms with E-state index in [4.69, 9.17) is 15.3 Å². The minimum absolute atomic E-state index is 0.0922. The number of carbonyl (C=O) groups excluding carboxylic acids is 2. The summed E-state index contributed by atoms with van der Waals surface area (Å²) in [7, 11) is 0. The molecule has 5 N–H and O–H groups in total. The number of hydrogen-bond acceptors (Lipinski definition) is 7. The molecule has 4 rings (SSSR count). The molecule has 0 unspecified atom stereocenters. The lowest BCUT2D eigenvalue weighted by atomic mass is 9.82. The minimum atomic E-state index is -1.00. The van der Waals surface area contributed by atoms with Gasteiger partial charge >= 0.3 is 5.97 Å². The Kier molecular flexibility index (Phi) is 6.59. The van der Waals surface area contributed by atoms with E-state index in [1.165, 1.54) is 0 Å². The third-order valence-corrected chi connectivity index (χ3v) is 6.43. The number of nitrogens with zero attached hydrogens (tertiary/aromatic N) is 2. The van der Waals surface area contributed by atoms with E-state index < -0.39 is 18.1 Å². The summed E-state index contributed by atoms with van der Waals surface area (Å²) in [6.07, 6.45) is 7.10. The quantitative estimate of drug-likeness (QED) is 0.476. The molecule has 2 atom stereocenters. The molecule has 32 heavy (non-hydrogen) atoms. The number of carbonyl (C=O) groups is 3. The van der Waals surface area contributed by atoms with Crippen LogP contribution in [0.25, 0.3) is 11.0 Å². The predicted molar refractivity (Wildman–Crippen MR) is 116 cm³/mol. The molecule has 3 heterocycles. The molecular weight excluding hydrogens is 414 g/mol. The summed E-state index contributed by atoms with van der Waals surface area (Å²) in [6.45, 7) is 0.387. The zero-order chi connectivity index (χ0) is 22.7. The first kappa shape index (κ1) is 22.1. The molecule has 1 aliphatic heterocycles. The van der Waals surface area contributed by atoms with Gasteiger partial charge in [-0.15, -0.1) is 0 Å². The van der Waals surface area contributed by atoms with Crippen molar-refractivity contribution in [3.8, 4) is 0 Å². The number of carboxylic acids is 1. The van der Waals surface area contributed by atoms with Crippen molar-refractivity contribution in [2.45, 2.75) is 57.2 Å². The van der Waals surface area contributed by atoms with Gasteiger partial charge in [0.1, 0.15) is 23.2 Å². The first-order chi connectivity index (χ1) is 15.4. The number of pyridine rings is 1. The number of furan rings is 1. The van der Waals surface area contributed by atoms with Crippen LogP contribution in [0.5, 0.6) is 0 Å². The largest absolute Gasteiger partial charge is 0.480 e. The van der Waals surface area contributed by atoms with Gasteiger partial charge in [-0.05, 0) is 37.3 Å². The standard InChI is InChI=1S/C22H29N5O5/c23-20-15-10-14(32-17(15)6-8-24-20)11-26-21(30)16-7-9-27(16)22(31)19(25-12-18(28)29)13-4-2-1-3-5-13/h6,8,10,13,16,19,25H,1-5,7,9,11-12H2,(H2,23,24)(H,26,30)(H,28,29)/t16-,19+/m0/s1. The molecule has 1 saturated heterocycles.